The van der Waals surface area contributed by atoms with Gasteiger partial charge in [-0.2, -0.15) is 10.1 Å². The predicted molar refractivity (Wildman–Crippen MR) is 96.6 cm³/mol. The second kappa shape index (κ2) is 7.51. The molecule has 28 heavy (non-hydrogen) atoms. The van der Waals surface area contributed by atoms with Crippen molar-refractivity contribution in [3.8, 4) is 34.5 Å². The Hall–Kier alpha value is -3.69. The van der Waals surface area contributed by atoms with Gasteiger partial charge in [0.15, 0.2) is 11.5 Å². The van der Waals surface area contributed by atoms with E-state index in [1.165, 1.54) is 12.1 Å². The normalized spacial score (nSPS) is 12.2. The minimum Gasteiger partial charge on any atom is -0.454 e. The number of nitrogens with zero attached hydrogens (tertiary/aromatic N) is 4. The summed E-state index contributed by atoms with van der Waals surface area (Å²) in [5, 5.41) is 10.8. The molecule has 0 bridgehead atoms. The lowest BCUT2D eigenvalue weighted by molar-refractivity contribution is -0.121. The third-order valence-electron chi connectivity index (χ3n) is 4.01. The fourth-order valence-electron chi connectivity index (χ4n) is 2.61. The molecule has 144 valence electrons. The maximum absolute atomic E-state index is 12.0. The van der Waals surface area contributed by atoms with Gasteiger partial charge in [-0.25, -0.2) is 4.68 Å². The van der Waals surface area contributed by atoms with E-state index in [-0.39, 0.29) is 25.1 Å². The van der Waals surface area contributed by atoms with E-state index in [1.54, 1.807) is 18.2 Å². The van der Waals surface area contributed by atoms with Crippen molar-refractivity contribution in [2.75, 3.05) is 13.3 Å². The van der Waals surface area contributed by atoms with Crippen LogP contribution in [0.2, 0.25) is 0 Å². The van der Waals surface area contributed by atoms with E-state index in [2.05, 4.69) is 20.6 Å². The van der Waals surface area contributed by atoms with Crippen LogP contribution in [0.3, 0.4) is 0 Å². The molecule has 0 atom stereocenters. The number of carbonyl (C=O) groups excluding carboxylic acids is 1. The number of amides is 1. The number of aromatic nitrogens is 4. The molecule has 10 heteroatoms. The van der Waals surface area contributed by atoms with Crippen molar-refractivity contribution < 1.29 is 18.8 Å². The Balaban J connectivity index is 1.57. The summed E-state index contributed by atoms with van der Waals surface area (Å²) in [4.78, 5) is 28.2. The maximum atomic E-state index is 12.0. The van der Waals surface area contributed by atoms with Crippen LogP contribution in [-0.2, 0) is 11.3 Å². The highest BCUT2D eigenvalue weighted by molar-refractivity contribution is 5.75. The number of hydrogen-bond acceptors (Lipinski definition) is 8. The second-order valence-corrected chi connectivity index (χ2v) is 6.06. The number of benzene rings is 1. The van der Waals surface area contributed by atoms with Crippen LogP contribution in [0, 0.1) is 0 Å². The van der Waals surface area contributed by atoms with Crippen LogP contribution in [0.25, 0.3) is 23.0 Å². The van der Waals surface area contributed by atoms with Crippen molar-refractivity contribution >= 4 is 5.91 Å². The van der Waals surface area contributed by atoms with Crippen LogP contribution in [-0.4, -0.2) is 39.2 Å². The van der Waals surface area contributed by atoms with E-state index in [0.717, 1.165) is 11.1 Å². The Bertz CT molecular complexity index is 1070. The number of fused-ring (bicyclic) bond motifs is 1. The van der Waals surface area contributed by atoms with E-state index in [9.17, 15) is 9.59 Å². The van der Waals surface area contributed by atoms with Crippen molar-refractivity contribution in [1.29, 1.82) is 0 Å². The molecule has 0 spiro atoms. The zero-order valence-corrected chi connectivity index (χ0v) is 15.0. The Kier molecular flexibility index (Phi) is 4.75. The van der Waals surface area contributed by atoms with Crippen LogP contribution in [0.1, 0.15) is 13.3 Å². The smallest absolute Gasteiger partial charge is 0.278 e. The van der Waals surface area contributed by atoms with Crippen molar-refractivity contribution in [3.05, 3.63) is 40.7 Å². The molecular formula is C18H17N5O5. The summed E-state index contributed by atoms with van der Waals surface area (Å²) in [5.41, 5.74) is 0.583. The molecule has 4 rings (SSSR count). The van der Waals surface area contributed by atoms with Gasteiger partial charge >= 0.3 is 0 Å². The van der Waals surface area contributed by atoms with Gasteiger partial charge in [-0.1, -0.05) is 12.1 Å². The summed E-state index contributed by atoms with van der Waals surface area (Å²) in [6.45, 7) is 2.47. The van der Waals surface area contributed by atoms with Gasteiger partial charge in [0.1, 0.15) is 12.2 Å². The lowest BCUT2D eigenvalue weighted by atomic mass is 10.2. The van der Waals surface area contributed by atoms with E-state index in [1.807, 2.05) is 6.92 Å². The van der Waals surface area contributed by atoms with Gasteiger partial charge in [0.05, 0.1) is 0 Å². The van der Waals surface area contributed by atoms with E-state index < -0.39 is 5.56 Å². The quantitative estimate of drug-likeness (QED) is 0.674. The molecule has 3 heterocycles. The van der Waals surface area contributed by atoms with Gasteiger partial charge in [-0.05, 0) is 30.7 Å². The first-order valence-corrected chi connectivity index (χ1v) is 8.73. The number of rotatable bonds is 6. The van der Waals surface area contributed by atoms with Gasteiger partial charge in [0.2, 0.25) is 18.5 Å². The Morgan fingerprint density at radius 2 is 2.07 bits per heavy atom. The van der Waals surface area contributed by atoms with Crippen LogP contribution >= 0.6 is 0 Å². The number of ether oxygens (including phenoxy) is 2. The molecule has 0 saturated heterocycles. The Morgan fingerprint density at radius 3 is 2.93 bits per heavy atom. The molecular weight excluding hydrogens is 366 g/mol. The molecule has 1 N–H and O–H groups in total. The molecule has 0 fully saturated rings. The third kappa shape index (κ3) is 3.56. The summed E-state index contributed by atoms with van der Waals surface area (Å²) in [5.74, 6) is 1.44. The van der Waals surface area contributed by atoms with Crippen LogP contribution in [0.5, 0.6) is 11.5 Å². The minimum atomic E-state index is -0.397. The molecule has 10 nitrogen and oxygen atoms in total. The molecule has 0 unspecified atom stereocenters. The summed E-state index contributed by atoms with van der Waals surface area (Å²) in [6.07, 6.45) is 0.804. The molecule has 1 aliphatic rings. The van der Waals surface area contributed by atoms with E-state index >= 15 is 0 Å². The summed E-state index contributed by atoms with van der Waals surface area (Å²) in [7, 11) is 0. The lowest BCUT2D eigenvalue weighted by Crippen LogP contribution is -2.33. The molecule has 0 saturated carbocycles. The summed E-state index contributed by atoms with van der Waals surface area (Å²) < 4.78 is 17.0. The van der Waals surface area contributed by atoms with Gasteiger partial charge in [0.25, 0.3) is 11.4 Å². The van der Waals surface area contributed by atoms with Crippen molar-refractivity contribution in [2.45, 2.75) is 19.9 Å². The fourth-order valence-corrected chi connectivity index (χ4v) is 2.61. The lowest BCUT2D eigenvalue weighted by Gasteiger charge is -2.05. The second-order valence-electron chi connectivity index (χ2n) is 6.06. The first-order valence-electron chi connectivity index (χ1n) is 8.73. The molecule has 1 amide bonds. The first kappa shape index (κ1) is 17.7. The summed E-state index contributed by atoms with van der Waals surface area (Å²) >= 11 is 0. The topological polar surface area (TPSA) is 121 Å². The predicted octanol–water partition coefficient (Wildman–Crippen LogP) is 1.22. The highest BCUT2D eigenvalue weighted by atomic mass is 16.7. The third-order valence-corrected chi connectivity index (χ3v) is 4.01. The molecule has 0 aliphatic carbocycles. The number of nitrogens with one attached hydrogen (secondary N) is 1. The largest absolute Gasteiger partial charge is 0.454 e. The molecule has 1 aliphatic heterocycles. The van der Waals surface area contributed by atoms with Gasteiger partial charge in [0, 0.05) is 18.2 Å². The number of hydrogen-bond donors (Lipinski definition) is 1. The highest BCUT2D eigenvalue weighted by Gasteiger charge is 2.18. The minimum absolute atomic E-state index is 0.135. The first-order chi connectivity index (χ1) is 13.6. The molecule has 2 aromatic heterocycles. The number of carbonyl (C=O) groups is 1. The van der Waals surface area contributed by atoms with Crippen molar-refractivity contribution in [2.24, 2.45) is 0 Å². The summed E-state index contributed by atoms with van der Waals surface area (Å²) in [6, 6.07) is 8.08. The van der Waals surface area contributed by atoms with Gasteiger partial charge in [-0.3, -0.25) is 9.59 Å². The van der Waals surface area contributed by atoms with Gasteiger partial charge < -0.3 is 19.3 Å². The maximum Gasteiger partial charge on any atom is 0.278 e. The van der Waals surface area contributed by atoms with Crippen molar-refractivity contribution in [3.63, 3.8) is 0 Å². The van der Waals surface area contributed by atoms with Crippen molar-refractivity contribution in [1.82, 2.24) is 25.2 Å². The monoisotopic (exact) mass is 383 g/mol. The Labute approximate surface area is 159 Å². The fraction of sp³-hybridized carbons (Fsp3) is 0.278. The SMILES string of the molecule is CCCNC(=O)Cn1nc(-c2nc(-c3ccc4c(c3)OCO4)no2)ccc1=O. The molecule has 0 radical (unpaired) electrons. The molecule has 3 aromatic rings. The van der Waals surface area contributed by atoms with Crippen LogP contribution < -0.4 is 20.3 Å². The van der Waals surface area contributed by atoms with Crippen LogP contribution in [0.4, 0.5) is 0 Å². The van der Waals surface area contributed by atoms with E-state index in [4.69, 9.17) is 14.0 Å². The zero-order valence-electron chi connectivity index (χ0n) is 15.0. The zero-order chi connectivity index (χ0) is 19.5. The Morgan fingerprint density at radius 1 is 1.21 bits per heavy atom. The van der Waals surface area contributed by atoms with Gasteiger partial charge in [-0.15, -0.1) is 0 Å². The highest BCUT2D eigenvalue weighted by Crippen LogP contribution is 2.35. The van der Waals surface area contributed by atoms with Crippen LogP contribution in [0.15, 0.2) is 39.6 Å². The average molecular weight is 383 g/mol. The van der Waals surface area contributed by atoms with E-state index in [0.29, 0.717) is 35.1 Å². The standard InChI is InChI=1S/C18H17N5O5/c1-2-7-19-15(24)9-23-16(25)6-4-12(21-23)18-20-17(22-28-18)11-3-5-13-14(8-11)27-10-26-13/h3-6,8H,2,7,9-10H2,1H3,(H,19,24). The average Bonchev–Trinajstić information content (AvgIpc) is 3.37. The molecule has 1 aromatic carbocycles.